The van der Waals surface area contributed by atoms with E-state index in [9.17, 15) is 14.0 Å². The van der Waals surface area contributed by atoms with Crippen molar-refractivity contribution in [1.29, 1.82) is 0 Å². The van der Waals surface area contributed by atoms with Crippen molar-refractivity contribution in [2.75, 3.05) is 0 Å². The van der Waals surface area contributed by atoms with Gasteiger partial charge in [-0.1, -0.05) is 19.9 Å². The highest BCUT2D eigenvalue weighted by Crippen LogP contribution is 2.16. The van der Waals surface area contributed by atoms with Crippen LogP contribution < -0.4 is 5.32 Å². The summed E-state index contributed by atoms with van der Waals surface area (Å²) in [6, 6.07) is 3.26. The molecule has 0 saturated carbocycles. The van der Waals surface area contributed by atoms with E-state index < -0.39 is 23.7 Å². The second kappa shape index (κ2) is 6.83. The summed E-state index contributed by atoms with van der Waals surface area (Å²) < 4.78 is 14.0. The van der Waals surface area contributed by atoms with E-state index in [2.05, 4.69) is 5.32 Å². The Bertz CT molecular complexity index is 471. The molecule has 104 valence electrons. The average Bonchev–Trinajstić information content (AvgIpc) is 2.27. The van der Waals surface area contributed by atoms with Crippen LogP contribution in [0.3, 0.4) is 0 Å². The molecule has 0 aliphatic carbocycles. The van der Waals surface area contributed by atoms with Gasteiger partial charge in [-0.05, 0) is 47.1 Å². The summed E-state index contributed by atoms with van der Waals surface area (Å²) in [4.78, 5) is 23.0. The maximum atomic E-state index is 13.6. The number of carboxylic acids is 1. The van der Waals surface area contributed by atoms with Crippen molar-refractivity contribution in [2.45, 2.75) is 26.3 Å². The standard InChI is InChI=1S/C13H15FINO3/c1-7(2)6-10(13(18)19)16-12(17)11-8(14)4-3-5-9(11)15/h3-5,7,10H,6H2,1-2H3,(H,16,17)(H,18,19)/t10-/m1/s1. The topological polar surface area (TPSA) is 66.4 Å². The normalized spacial score (nSPS) is 12.3. The largest absolute Gasteiger partial charge is 0.480 e. The van der Waals surface area contributed by atoms with Crippen molar-refractivity contribution in [3.8, 4) is 0 Å². The number of amides is 1. The van der Waals surface area contributed by atoms with Crippen LogP contribution in [0.25, 0.3) is 0 Å². The number of nitrogens with one attached hydrogen (secondary N) is 1. The second-order valence-corrected chi connectivity index (χ2v) is 5.75. The first-order valence-electron chi connectivity index (χ1n) is 5.80. The van der Waals surface area contributed by atoms with Crippen LogP contribution in [0.5, 0.6) is 0 Å². The highest BCUT2D eigenvalue weighted by Gasteiger charge is 2.24. The first-order valence-corrected chi connectivity index (χ1v) is 6.88. The number of carboxylic acid groups (broad SMARTS) is 1. The van der Waals surface area contributed by atoms with Gasteiger partial charge in [0.05, 0.1) is 5.56 Å². The van der Waals surface area contributed by atoms with Crippen molar-refractivity contribution in [3.05, 3.63) is 33.1 Å². The molecule has 6 heteroatoms. The Hall–Kier alpha value is -1.18. The van der Waals surface area contributed by atoms with Gasteiger partial charge in [-0.25, -0.2) is 9.18 Å². The molecule has 1 atom stereocenters. The highest BCUT2D eigenvalue weighted by molar-refractivity contribution is 14.1. The van der Waals surface area contributed by atoms with E-state index >= 15 is 0 Å². The zero-order valence-corrected chi connectivity index (χ0v) is 12.8. The molecule has 0 fully saturated rings. The van der Waals surface area contributed by atoms with Crippen molar-refractivity contribution in [3.63, 3.8) is 0 Å². The Morgan fingerprint density at radius 1 is 1.42 bits per heavy atom. The fourth-order valence-electron chi connectivity index (χ4n) is 1.64. The number of hydrogen-bond acceptors (Lipinski definition) is 2. The first kappa shape index (κ1) is 15.9. The van der Waals surface area contributed by atoms with Gasteiger partial charge in [0.15, 0.2) is 0 Å². The third kappa shape index (κ3) is 4.45. The van der Waals surface area contributed by atoms with E-state index in [-0.39, 0.29) is 11.5 Å². The third-order valence-corrected chi connectivity index (χ3v) is 3.40. The Kier molecular flexibility index (Phi) is 5.71. The quantitative estimate of drug-likeness (QED) is 0.774. The molecule has 2 N–H and O–H groups in total. The predicted octanol–water partition coefficient (Wildman–Crippen LogP) is 2.66. The number of rotatable bonds is 5. The fourth-order valence-corrected chi connectivity index (χ4v) is 2.35. The number of hydrogen-bond donors (Lipinski definition) is 2. The molecule has 4 nitrogen and oxygen atoms in total. The smallest absolute Gasteiger partial charge is 0.326 e. The lowest BCUT2D eigenvalue weighted by Crippen LogP contribution is -2.42. The zero-order valence-electron chi connectivity index (χ0n) is 10.6. The Labute approximate surface area is 124 Å². The number of carbonyl (C=O) groups is 2. The minimum atomic E-state index is -1.12. The second-order valence-electron chi connectivity index (χ2n) is 4.59. The van der Waals surface area contributed by atoms with Gasteiger partial charge in [0.1, 0.15) is 11.9 Å². The molecule has 0 unspecified atom stereocenters. The molecular weight excluding hydrogens is 364 g/mol. The monoisotopic (exact) mass is 379 g/mol. The molecule has 0 heterocycles. The Balaban J connectivity index is 2.91. The molecule has 0 aromatic heterocycles. The third-order valence-electron chi connectivity index (χ3n) is 2.50. The minimum absolute atomic E-state index is 0.112. The average molecular weight is 379 g/mol. The molecule has 0 saturated heterocycles. The summed E-state index contributed by atoms with van der Waals surface area (Å²) in [5.41, 5.74) is -0.113. The maximum absolute atomic E-state index is 13.6. The molecule has 0 aliphatic rings. The van der Waals surface area contributed by atoms with Crippen LogP contribution >= 0.6 is 22.6 Å². The molecule has 1 aromatic rings. The van der Waals surface area contributed by atoms with Crippen LogP contribution in [0.1, 0.15) is 30.6 Å². The summed E-state index contributed by atoms with van der Waals surface area (Å²) in [7, 11) is 0. The predicted molar refractivity (Wildman–Crippen MR) is 77.5 cm³/mol. The van der Waals surface area contributed by atoms with Gasteiger partial charge in [-0.15, -0.1) is 0 Å². The van der Waals surface area contributed by atoms with E-state index in [1.165, 1.54) is 12.1 Å². The van der Waals surface area contributed by atoms with E-state index in [4.69, 9.17) is 5.11 Å². The van der Waals surface area contributed by atoms with Gasteiger partial charge in [-0.3, -0.25) is 4.79 Å². The van der Waals surface area contributed by atoms with Crippen molar-refractivity contribution in [1.82, 2.24) is 5.32 Å². The van der Waals surface area contributed by atoms with Gasteiger partial charge in [0.2, 0.25) is 0 Å². The summed E-state index contributed by atoms with van der Waals surface area (Å²) in [5.74, 6) is -2.36. The number of carbonyl (C=O) groups excluding carboxylic acids is 1. The fraction of sp³-hybridized carbons (Fsp3) is 0.385. The van der Waals surface area contributed by atoms with Crippen LogP contribution in [0.4, 0.5) is 4.39 Å². The van der Waals surface area contributed by atoms with Gasteiger partial charge in [0.25, 0.3) is 5.91 Å². The van der Waals surface area contributed by atoms with Crippen molar-refractivity contribution >= 4 is 34.5 Å². The van der Waals surface area contributed by atoms with E-state index in [1.54, 1.807) is 6.07 Å². The zero-order chi connectivity index (χ0) is 14.6. The van der Waals surface area contributed by atoms with Gasteiger partial charge in [-0.2, -0.15) is 0 Å². The van der Waals surface area contributed by atoms with Crippen LogP contribution in [-0.2, 0) is 4.79 Å². The molecule has 1 amide bonds. The first-order chi connectivity index (χ1) is 8.82. The van der Waals surface area contributed by atoms with Crippen LogP contribution in [-0.4, -0.2) is 23.0 Å². The van der Waals surface area contributed by atoms with Crippen molar-refractivity contribution < 1.29 is 19.1 Å². The number of aliphatic carboxylic acids is 1. The SMILES string of the molecule is CC(C)C[C@@H](NC(=O)c1c(F)cccc1I)C(=O)O. The molecule has 0 spiro atoms. The lowest BCUT2D eigenvalue weighted by molar-refractivity contribution is -0.139. The summed E-state index contributed by atoms with van der Waals surface area (Å²) >= 11 is 1.84. The highest BCUT2D eigenvalue weighted by atomic mass is 127. The number of halogens is 2. The molecule has 19 heavy (non-hydrogen) atoms. The number of benzene rings is 1. The van der Waals surface area contributed by atoms with Gasteiger partial charge < -0.3 is 10.4 Å². The van der Waals surface area contributed by atoms with Crippen LogP contribution in [0, 0.1) is 15.3 Å². The molecule has 0 radical (unpaired) electrons. The summed E-state index contributed by atoms with van der Waals surface area (Å²) in [5, 5.41) is 11.4. The minimum Gasteiger partial charge on any atom is -0.480 e. The molecule has 0 aliphatic heterocycles. The van der Waals surface area contributed by atoms with Crippen molar-refractivity contribution in [2.24, 2.45) is 5.92 Å². The van der Waals surface area contributed by atoms with Crippen LogP contribution in [0.15, 0.2) is 18.2 Å². The summed E-state index contributed by atoms with van der Waals surface area (Å²) in [6.45, 7) is 3.71. The lowest BCUT2D eigenvalue weighted by Gasteiger charge is -2.17. The van der Waals surface area contributed by atoms with Crippen LogP contribution in [0.2, 0.25) is 0 Å². The van der Waals surface area contributed by atoms with E-state index in [1.807, 2.05) is 36.4 Å². The maximum Gasteiger partial charge on any atom is 0.326 e. The van der Waals surface area contributed by atoms with Gasteiger partial charge >= 0.3 is 5.97 Å². The van der Waals surface area contributed by atoms with E-state index in [0.29, 0.717) is 9.99 Å². The molecular formula is C13H15FINO3. The summed E-state index contributed by atoms with van der Waals surface area (Å²) in [6.07, 6.45) is 0.298. The molecule has 1 rings (SSSR count). The Morgan fingerprint density at radius 3 is 2.53 bits per heavy atom. The Morgan fingerprint density at radius 2 is 2.05 bits per heavy atom. The lowest BCUT2D eigenvalue weighted by atomic mass is 10.0. The molecule has 0 bridgehead atoms. The van der Waals surface area contributed by atoms with E-state index in [0.717, 1.165) is 0 Å². The molecule has 1 aromatic carbocycles. The van der Waals surface area contributed by atoms with Gasteiger partial charge in [0, 0.05) is 3.57 Å².